The predicted molar refractivity (Wildman–Crippen MR) is 117 cm³/mol. The smallest absolute Gasteiger partial charge is 0.115 e. The molecule has 0 heterocycles. The van der Waals surface area contributed by atoms with Crippen LogP contribution in [0.1, 0.15) is 29.9 Å². The summed E-state index contributed by atoms with van der Waals surface area (Å²) in [6.45, 7) is 1.94. The number of phenolic OH excluding ortho intramolecular Hbond substituents is 2. The average molecular weight is 394 g/mol. The number of phenols is 2. The van der Waals surface area contributed by atoms with Gasteiger partial charge in [-0.3, -0.25) is 0 Å². The molecule has 28 heavy (non-hydrogen) atoms. The maximum absolute atomic E-state index is 9.57. The number of aromatic hydroxyl groups is 2. The van der Waals surface area contributed by atoms with E-state index < -0.39 is 0 Å². The van der Waals surface area contributed by atoms with E-state index in [1.165, 1.54) is 16.0 Å². The number of nitrogens with one attached hydrogen (secondary N) is 1. The second-order valence-corrected chi connectivity index (χ2v) is 7.96. The highest BCUT2D eigenvalue weighted by Gasteiger charge is 2.13. The molecule has 4 heteroatoms. The molecule has 0 bridgehead atoms. The molecule has 1 atom stereocenters. The van der Waals surface area contributed by atoms with Gasteiger partial charge in [-0.15, -0.1) is 11.8 Å². The standard InChI is InChI=1S/C24H27NO2S/c26-21-9-7-20(8-10-21)24(19-5-2-1-3-6-19)15-17-25-16-4-18-28-23-13-11-22(27)12-14-23/h1-3,5-14,24-27H,4,15-18H2. The molecule has 0 aliphatic rings. The van der Waals surface area contributed by atoms with Gasteiger partial charge < -0.3 is 15.5 Å². The van der Waals surface area contributed by atoms with Crippen LogP contribution in [0.5, 0.6) is 11.5 Å². The Morgan fingerprint density at radius 3 is 2.00 bits per heavy atom. The molecular weight excluding hydrogens is 366 g/mol. The van der Waals surface area contributed by atoms with E-state index in [4.69, 9.17) is 0 Å². The van der Waals surface area contributed by atoms with Crippen LogP contribution in [0.3, 0.4) is 0 Å². The Hall–Kier alpha value is -2.43. The molecule has 0 fully saturated rings. The summed E-state index contributed by atoms with van der Waals surface area (Å²) in [5.74, 6) is 1.99. The van der Waals surface area contributed by atoms with Gasteiger partial charge in [-0.1, -0.05) is 42.5 Å². The highest BCUT2D eigenvalue weighted by molar-refractivity contribution is 7.99. The molecule has 1 unspecified atom stereocenters. The van der Waals surface area contributed by atoms with E-state index in [1.54, 1.807) is 24.3 Å². The molecule has 0 saturated heterocycles. The second kappa shape index (κ2) is 10.8. The van der Waals surface area contributed by atoms with Crippen LogP contribution in [0.15, 0.2) is 83.8 Å². The van der Waals surface area contributed by atoms with Crippen LogP contribution in [0.25, 0.3) is 0 Å². The van der Waals surface area contributed by atoms with E-state index in [9.17, 15) is 10.2 Å². The van der Waals surface area contributed by atoms with Crippen LogP contribution in [-0.4, -0.2) is 29.1 Å². The minimum atomic E-state index is 0.305. The lowest BCUT2D eigenvalue weighted by atomic mass is 9.88. The first-order valence-electron chi connectivity index (χ1n) is 9.69. The summed E-state index contributed by atoms with van der Waals surface area (Å²) in [6.07, 6.45) is 2.11. The summed E-state index contributed by atoms with van der Waals surface area (Å²) in [6, 6.07) is 25.5. The zero-order valence-corrected chi connectivity index (χ0v) is 16.7. The van der Waals surface area contributed by atoms with Gasteiger partial charge in [0.15, 0.2) is 0 Å². The van der Waals surface area contributed by atoms with Crippen LogP contribution in [0.2, 0.25) is 0 Å². The fourth-order valence-electron chi connectivity index (χ4n) is 3.22. The summed E-state index contributed by atoms with van der Waals surface area (Å²) < 4.78 is 0. The topological polar surface area (TPSA) is 52.5 Å². The largest absolute Gasteiger partial charge is 0.508 e. The molecule has 0 amide bonds. The molecule has 3 N–H and O–H groups in total. The fourth-order valence-corrected chi connectivity index (χ4v) is 4.07. The molecular formula is C24H27NO2S. The Balaban J connectivity index is 1.44. The van der Waals surface area contributed by atoms with E-state index in [1.807, 2.05) is 42.1 Å². The van der Waals surface area contributed by atoms with Crippen molar-refractivity contribution in [2.75, 3.05) is 18.8 Å². The molecule has 3 aromatic rings. The van der Waals surface area contributed by atoms with Crippen LogP contribution >= 0.6 is 11.8 Å². The molecule has 0 aliphatic carbocycles. The number of thioether (sulfide) groups is 1. The molecule has 0 aromatic heterocycles. The summed E-state index contributed by atoms with van der Waals surface area (Å²) in [5, 5.41) is 22.5. The first kappa shape index (κ1) is 20.3. The highest BCUT2D eigenvalue weighted by Crippen LogP contribution is 2.28. The van der Waals surface area contributed by atoms with Crippen molar-refractivity contribution in [3.05, 3.63) is 90.0 Å². The summed E-state index contributed by atoms with van der Waals surface area (Å²) >= 11 is 1.81. The Bertz CT molecular complexity index is 819. The zero-order chi connectivity index (χ0) is 19.6. The molecule has 3 aromatic carbocycles. The van der Waals surface area contributed by atoms with Crippen molar-refractivity contribution in [2.45, 2.75) is 23.7 Å². The lowest BCUT2D eigenvalue weighted by Gasteiger charge is -2.18. The normalized spacial score (nSPS) is 12.0. The predicted octanol–water partition coefficient (Wildman–Crippen LogP) is 5.39. The van der Waals surface area contributed by atoms with E-state index >= 15 is 0 Å². The highest BCUT2D eigenvalue weighted by atomic mass is 32.2. The second-order valence-electron chi connectivity index (χ2n) is 6.79. The minimum Gasteiger partial charge on any atom is -0.508 e. The maximum atomic E-state index is 9.57. The molecule has 0 aliphatic heterocycles. The number of benzene rings is 3. The third-order valence-corrected chi connectivity index (χ3v) is 5.81. The van der Waals surface area contributed by atoms with Gasteiger partial charge >= 0.3 is 0 Å². The van der Waals surface area contributed by atoms with Gasteiger partial charge in [-0.05, 0) is 79.2 Å². The molecule has 0 spiro atoms. The van der Waals surface area contributed by atoms with Gasteiger partial charge in [-0.25, -0.2) is 0 Å². The number of rotatable bonds is 10. The Labute approximate surface area is 171 Å². The molecule has 0 radical (unpaired) electrons. The van der Waals surface area contributed by atoms with E-state index in [-0.39, 0.29) is 0 Å². The monoisotopic (exact) mass is 393 g/mol. The Kier molecular flexibility index (Phi) is 7.82. The minimum absolute atomic E-state index is 0.305. The first-order valence-corrected chi connectivity index (χ1v) is 10.7. The molecule has 0 saturated carbocycles. The van der Waals surface area contributed by atoms with Gasteiger partial charge in [0.25, 0.3) is 0 Å². The van der Waals surface area contributed by atoms with Gasteiger partial charge in [0.1, 0.15) is 11.5 Å². The fraction of sp³-hybridized carbons (Fsp3) is 0.250. The van der Waals surface area contributed by atoms with Gasteiger partial charge in [0.2, 0.25) is 0 Å². The Morgan fingerprint density at radius 1 is 0.714 bits per heavy atom. The van der Waals surface area contributed by atoms with Crippen LogP contribution in [-0.2, 0) is 0 Å². The molecule has 146 valence electrons. The number of hydrogen-bond acceptors (Lipinski definition) is 4. The van der Waals surface area contributed by atoms with Crippen LogP contribution in [0, 0.1) is 0 Å². The van der Waals surface area contributed by atoms with Crippen molar-refractivity contribution < 1.29 is 10.2 Å². The van der Waals surface area contributed by atoms with Crippen LogP contribution in [0.4, 0.5) is 0 Å². The summed E-state index contributed by atoms with van der Waals surface area (Å²) in [4.78, 5) is 1.19. The maximum Gasteiger partial charge on any atom is 0.115 e. The lowest BCUT2D eigenvalue weighted by Crippen LogP contribution is -2.19. The Morgan fingerprint density at radius 2 is 1.32 bits per heavy atom. The van der Waals surface area contributed by atoms with Gasteiger partial charge in [0, 0.05) is 10.8 Å². The third-order valence-electron chi connectivity index (χ3n) is 4.71. The SMILES string of the molecule is Oc1ccc(SCCCNCCC(c2ccccc2)c2ccc(O)cc2)cc1. The molecule has 3 nitrogen and oxygen atoms in total. The van der Waals surface area contributed by atoms with E-state index in [0.717, 1.165) is 31.7 Å². The van der Waals surface area contributed by atoms with Crippen molar-refractivity contribution in [1.82, 2.24) is 5.32 Å². The van der Waals surface area contributed by atoms with Crippen molar-refractivity contribution in [2.24, 2.45) is 0 Å². The lowest BCUT2D eigenvalue weighted by molar-refractivity contribution is 0.474. The molecule has 3 rings (SSSR count). The quantitative estimate of drug-likeness (QED) is 0.319. The van der Waals surface area contributed by atoms with Gasteiger partial charge in [-0.2, -0.15) is 0 Å². The van der Waals surface area contributed by atoms with E-state index in [2.05, 4.69) is 29.6 Å². The van der Waals surface area contributed by atoms with Crippen molar-refractivity contribution >= 4 is 11.8 Å². The van der Waals surface area contributed by atoms with Crippen LogP contribution < -0.4 is 5.32 Å². The number of hydrogen-bond donors (Lipinski definition) is 3. The third kappa shape index (κ3) is 6.32. The first-order chi connectivity index (χ1) is 13.7. The van der Waals surface area contributed by atoms with Gasteiger partial charge in [0.05, 0.1) is 0 Å². The summed E-state index contributed by atoms with van der Waals surface area (Å²) in [5.41, 5.74) is 2.53. The van der Waals surface area contributed by atoms with Crippen molar-refractivity contribution in [1.29, 1.82) is 0 Å². The summed E-state index contributed by atoms with van der Waals surface area (Å²) in [7, 11) is 0. The van der Waals surface area contributed by atoms with Crippen molar-refractivity contribution in [3.8, 4) is 11.5 Å². The average Bonchev–Trinajstić information content (AvgIpc) is 2.73. The van der Waals surface area contributed by atoms with E-state index in [0.29, 0.717) is 17.4 Å². The zero-order valence-electron chi connectivity index (χ0n) is 15.9. The van der Waals surface area contributed by atoms with Crippen molar-refractivity contribution in [3.63, 3.8) is 0 Å².